The minimum Gasteiger partial charge on any atom is -0.492 e. The van der Waals surface area contributed by atoms with Crippen LogP contribution in [0, 0.1) is 5.92 Å². The van der Waals surface area contributed by atoms with Gasteiger partial charge in [-0.25, -0.2) is 4.99 Å². The maximum absolute atomic E-state index is 6.02. The first-order valence-corrected chi connectivity index (χ1v) is 9.65. The molecule has 0 aromatic heterocycles. The number of rotatable bonds is 10. The van der Waals surface area contributed by atoms with Crippen LogP contribution >= 0.6 is 24.0 Å². The van der Waals surface area contributed by atoms with Crippen LogP contribution in [-0.2, 0) is 6.54 Å². The molecule has 2 rings (SSSR count). The number of ether oxygens (including phenoxy) is 1. The average molecular weight is 474 g/mol. The molecule has 0 aliphatic heterocycles. The molecular formula is C20H35IN4O. The molecule has 1 fully saturated rings. The number of hydrogen-bond acceptors (Lipinski definition) is 3. The van der Waals surface area contributed by atoms with Crippen LogP contribution in [0.15, 0.2) is 29.3 Å². The van der Waals surface area contributed by atoms with Crippen molar-refractivity contribution in [3.8, 4) is 5.75 Å². The van der Waals surface area contributed by atoms with Gasteiger partial charge in [0.1, 0.15) is 12.4 Å². The maximum Gasteiger partial charge on any atom is 0.191 e. The predicted molar refractivity (Wildman–Crippen MR) is 121 cm³/mol. The van der Waals surface area contributed by atoms with Crippen LogP contribution in [0.25, 0.3) is 0 Å². The molecule has 2 unspecified atom stereocenters. The number of para-hydroxylation sites is 1. The molecule has 0 saturated heterocycles. The standard InChI is InChI=1S/C20H34N4O.HI/c1-5-21-20(23-18-14-16(18)4)22-15-17-10-8-9-11-19(17)25-13-12-24(6-2)7-3;/h8-11,16,18H,5-7,12-15H2,1-4H3,(H2,21,22,23);1H. The summed E-state index contributed by atoms with van der Waals surface area (Å²) in [4.78, 5) is 7.10. The average Bonchev–Trinajstić information content (AvgIpc) is 3.32. The zero-order valence-electron chi connectivity index (χ0n) is 16.6. The lowest BCUT2D eigenvalue weighted by Crippen LogP contribution is -2.39. The molecule has 1 aromatic rings. The Morgan fingerprint density at radius 1 is 1.23 bits per heavy atom. The Bertz CT molecular complexity index is 548. The monoisotopic (exact) mass is 474 g/mol. The highest BCUT2D eigenvalue weighted by Crippen LogP contribution is 2.28. The molecule has 2 atom stereocenters. The van der Waals surface area contributed by atoms with E-state index in [1.165, 1.54) is 6.42 Å². The second kappa shape index (κ2) is 12.4. The van der Waals surface area contributed by atoms with Crippen LogP contribution in [0.4, 0.5) is 0 Å². The van der Waals surface area contributed by atoms with Gasteiger partial charge in [-0.3, -0.25) is 0 Å². The van der Waals surface area contributed by atoms with Crippen LogP contribution in [0.1, 0.15) is 39.7 Å². The van der Waals surface area contributed by atoms with E-state index in [1.807, 2.05) is 18.2 Å². The predicted octanol–water partition coefficient (Wildman–Crippen LogP) is 3.49. The normalized spacial score (nSPS) is 19.0. The third-order valence-corrected chi connectivity index (χ3v) is 4.72. The van der Waals surface area contributed by atoms with Gasteiger partial charge in [0.2, 0.25) is 0 Å². The fourth-order valence-corrected chi connectivity index (χ4v) is 2.78. The highest BCUT2D eigenvalue weighted by molar-refractivity contribution is 14.0. The zero-order chi connectivity index (χ0) is 18.1. The van der Waals surface area contributed by atoms with Crippen molar-refractivity contribution in [1.82, 2.24) is 15.5 Å². The molecule has 2 N–H and O–H groups in total. The van der Waals surface area contributed by atoms with Gasteiger partial charge in [-0.1, -0.05) is 39.0 Å². The number of nitrogens with one attached hydrogen (secondary N) is 2. The lowest BCUT2D eigenvalue weighted by molar-refractivity contribution is 0.221. The van der Waals surface area contributed by atoms with E-state index in [0.29, 0.717) is 19.2 Å². The molecule has 26 heavy (non-hydrogen) atoms. The molecule has 0 amide bonds. The number of halogens is 1. The Morgan fingerprint density at radius 3 is 2.54 bits per heavy atom. The van der Waals surface area contributed by atoms with Gasteiger partial charge in [-0.2, -0.15) is 0 Å². The number of guanidine groups is 1. The first kappa shape index (κ1) is 23.0. The minimum atomic E-state index is 0. The van der Waals surface area contributed by atoms with E-state index in [4.69, 9.17) is 9.73 Å². The van der Waals surface area contributed by atoms with Gasteiger partial charge < -0.3 is 20.3 Å². The molecule has 0 heterocycles. The zero-order valence-corrected chi connectivity index (χ0v) is 19.0. The van der Waals surface area contributed by atoms with Gasteiger partial charge >= 0.3 is 0 Å². The molecule has 1 aliphatic rings. The molecular weight excluding hydrogens is 439 g/mol. The Morgan fingerprint density at radius 2 is 1.92 bits per heavy atom. The first-order valence-electron chi connectivity index (χ1n) is 9.65. The molecule has 1 saturated carbocycles. The minimum absolute atomic E-state index is 0. The van der Waals surface area contributed by atoms with E-state index >= 15 is 0 Å². The van der Waals surface area contributed by atoms with Crippen molar-refractivity contribution in [3.05, 3.63) is 29.8 Å². The van der Waals surface area contributed by atoms with Gasteiger partial charge in [0.15, 0.2) is 5.96 Å². The smallest absolute Gasteiger partial charge is 0.191 e. The van der Waals surface area contributed by atoms with E-state index in [2.05, 4.69) is 49.3 Å². The summed E-state index contributed by atoms with van der Waals surface area (Å²) in [5.41, 5.74) is 1.13. The summed E-state index contributed by atoms with van der Waals surface area (Å²) in [6, 6.07) is 8.77. The number of nitrogens with zero attached hydrogens (tertiary/aromatic N) is 2. The fourth-order valence-electron chi connectivity index (χ4n) is 2.78. The Hall–Kier alpha value is -1.02. The van der Waals surface area contributed by atoms with Crippen molar-refractivity contribution in [2.45, 2.75) is 46.7 Å². The second-order valence-electron chi connectivity index (χ2n) is 6.64. The lowest BCUT2D eigenvalue weighted by atomic mass is 10.2. The van der Waals surface area contributed by atoms with Crippen LogP contribution in [0.3, 0.4) is 0 Å². The van der Waals surface area contributed by atoms with Crippen LogP contribution in [-0.4, -0.2) is 49.7 Å². The summed E-state index contributed by atoms with van der Waals surface area (Å²) in [6.45, 7) is 14.0. The van der Waals surface area contributed by atoms with Crippen molar-refractivity contribution < 1.29 is 4.74 Å². The third-order valence-electron chi connectivity index (χ3n) is 4.72. The number of aliphatic imine (C=N–C) groups is 1. The quantitative estimate of drug-likeness (QED) is 0.310. The lowest BCUT2D eigenvalue weighted by Gasteiger charge is -2.19. The summed E-state index contributed by atoms with van der Waals surface area (Å²) < 4.78 is 6.02. The SMILES string of the molecule is CCNC(=NCc1ccccc1OCCN(CC)CC)NC1CC1C.I. The molecule has 5 nitrogen and oxygen atoms in total. The molecule has 0 bridgehead atoms. The van der Waals surface area contributed by atoms with Crippen LogP contribution in [0.2, 0.25) is 0 Å². The summed E-state index contributed by atoms with van der Waals surface area (Å²) >= 11 is 0. The van der Waals surface area contributed by atoms with Crippen molar-refractivity contribution in [3.63, 3.8) is 0 Å². The van der Waals surface area contributed by atoms with E-state index in [1.54, 1.807) is 0 Å². The molecule has 0 radical (unpaired) electrons. The third kappa shape index (κ3) is 7.70. The van der Waals surface area contributed by atoms with Gasteiger partial charge in [-0.05, 0) is 38.4 Å². The van der Waals surface area contributed by atoms with Gasteiger partial charge in [0.05, 0.1) is 6.54 Å². The summed E-state index contributed by atoms with van der Waals surface area (Å²) in [6.07, 6.45) is 1.23. The first-order chi connectivity index (χ1) is 12.2. The van der Waals surface area contributed by atoms with E-state index in [-0.39, 0.29) is 24.0 Å². The Kier molecular flexibility index (Phi) is 11.0. The van der Waals surface area contributed by atoms with Crippen molar-refractivity contribution >= 4 is 29.9 Å². The molecule has 1 aliphatic carbocycles. The van der Waals surface area contributed by atoms with E-state index in [9.17, 15) is 0 Å². The van der Waals surface area contributed by atoms with Crippen molar-refractivity contribution in [2.75, 3.05) is 32.8 Å². The summed E-state index contributed by atoms with van der Waals surface area (Å²) in [7, 11) is 0. The molecule has 1 aromatic carbocycles. The van der Waals surface area contributed by atoms with Crippen LogP contribution in [0.5, 0.6) is 5.75 Å². The van der Waals surface area contributed by atoms with Crippen molar-refractivity contribution in [2.24, 2.45) is 10.9 Å². The Labute approximate surface area is 176 Å². The molecule has 148 valence electrons. The summed E-state index contributed by atoms with van der Waals surface area (Å²) in [5, 5.41) is 6.82. The number of likely N-dealkylation sites (N-methyl/N-ethyl adjacent to an activating group) is 1. The topological polar surface area (TPSA) is 48.9 Å². The van der Waals surface area contributed by atoms with Crippen LogP contribution < -0.4 is 15.4 Å². The van der Waals surface area contributed by atoms with Gasteiger partial charge in [0, 0.05) is 24.7 Å². The number of benzene rings is 1. The molecule has 6 heteroatoms. The summed E-state index contributed by atoms with van der Waals surface area (Å²) in [5.74, 6) is 2.59. The fraction of sp³-hybridized carbons (Fsp3) is 0.650. The highest BCUT2D eigenvalue weighted by atomic mass is 127. The maximum atomic E-state index is 6.02. The second-order valence-corrected chi connectivity index (χ2v) is 6.64. The molecule has 0 spiro atoms. The van der Waals surface area contributed by atoms with Gasteiger partial charge in [-0.15, -0.1) is 24.0 Å². The van der Waals surface area contributed by atoms with Crippen molar-refractivity contribution in [1.29, 1.82) is 0 Å². The largest absolute Gasteiger partial charge is 0.492 e. The van der Waals surface area contributed by atoms with Gasteiger partial charge in [0.25, 0.3) is 0 Å². The highest BCUT2D eigenvalue weighted by Gasteiger charge is 2.33. The number of hydrogen-bond donors (Lipinski definition) is 2. The Balaban J connectivity index is 0.00000338. The van der Waals surface area contributed by atoms with E-state index < -0.39 is 0 Å². The van der Waals surface area contributed by atoms with E-state index in [0.717, 1.165) is 49.4 Å².